The molecule has 0 heterocycles. The number of rotatable bonds is 69. The lowest BCUT2D eigenvalue weighted by atomic mass is 9.98. The van der Waals surface area contributed by atoms with Gasteiger partial charge in [0, 0.05) is 84.6 Å². The summed E-state index contributed by atoms with van der Waals surface area (Å²) in [6, 6.07) is 59.9. The molecule has 0 aliphatic rings. The molecule has 0 bridgehead atoms. The van der Waals surface area contributed by atoms with E-state index in [0.717, 1.165) is 203 Å². The number of aryl methyl sites for hydroxylation is 6. The highest BCUT2D eigenvalue weighted by molar-refractivity contribution is 6.37. The van der Waals surface area contributed by atoms with Gasteiger partial charge in [-0.25, -0.2) is 0 Å². The topological polar surface area (TPSA) is 378 Å². The van der Waals surface area contributed by atoms with E-state index in [1.807, 2.05) is 48.5 Å². The molecule has 0 fully saturated rings. The Labute approximate surface area is 837 Å². The molecule has 0 unspecified atom stereocenters. The first kappa shape index (κ1) is 120. The fraction of sp³-hybridized carbons (Fsp3) is 0.466. The van der Waals surface area contributed by atoms with Gasteiger partial charge < -0.3 is 75.8 Å². The van der Waals surface area contributed by atoms with Crippen LogP contribution in [0.15, 0.2) is 218 Å². The van der Waals surface area contributed by atoms with Crippen molar-refractivity contribution in [2.75, 3.05) is 66.8 Å². The van der Waals surface area contributed by atoms with Crippen LogP contribution in [-0.4, -0.2) is 151 Å². The van der Waals surface area contributed by atoms with Gasteiger partial charge in [0.1, 0.15) is 40.2 Å². The number of phenolic OH excluding ortho intramolecular Hbond substituents is 5. The monoisotopic (exact) mass is 1940 g/mol. The van der Waals surface area contributed by atoms with Crippen LogP contribution in [0.2, 0.25) is 0 Å². The van der Waals surface area contributed by atoms with E-state index in [1.54, 1.807) is 112 Å². The first-order valence-corrected chi connectivity index (χ1v) is 51.0. The second-order valence-electron chi connectivity index (χ2n) is 34.4. The highest BCUT2D eigenvalue weighted by Gasteiger charge is 2.16. The van der Waals surface area contributed by atoms with Gasteiger partial charge in [0.2, 0.25) is 28.9 Å². The van der Waals surface area contributed by atoms with Gasteiger partial charge in [-0.3, -0.25) is 47.9 Å². The Morgan fingerprint density at radius 2 is 0.582 bits per heavy atom. The summed E-state index contributed by atoms with van der Waals surface area (Å²) in [5.74, 6) is -0.238. The quantitative estimate of drug-likeness (QED) is 0.00961. The number of nitrogens with one attached hydrogen (secondary N) is 5. The number of Topliss-reactive ketones (excluding diaryl/α,β-unsaturated/α-hetero) is 5. The van der Waals surface area contributed by atoms with Crippen molar-refractivity contribution in [1.82, 2.24) is 26.6 Å². The summed E-state index contributed by atoms with van der Waals surface area (Å²) in [6.07, 6.45) is 45.9. The molecule has 0 radical (unpaired) electrons. The summed E-state index contributed by atoms with van der Waals surface area (Å²) in [7, 11) is 2.97. The summed E-state index contributed by atoms with van der Waals surface area (Å²) in [4.78, 5) is 113. The van der Waals surface area contributed by atoms with Crippen LogP contribution in [0.1, 0.15) is 278 Å². The van der Waals surface area contributed by atoms with Crippen LogP contribution in [0.4, 0.5) is 0 Å². The van der Waals surface area contributed by atoms with Gasteiger partial charge in [0.25, 0.3) is 29.5 Å². The maximum atomic E-state index is 11.5. The van der Waals surface area contributed by atoms with Crippen molar-refractivity contribution in [2.45, 2.75) is 284 Å². The summed E-state index contributed by atoms with van der Waals surface area (Å²) in [5.41, 5.74) is 9.00. The molecule has 0 aromatic heterocycles. The van der Waals surface area contributed by atoms with Crippen molar-refractivity contribution in [3.05, 3.63) is 257 Å². The van der Waals surface area contributed by atoms with Gasteiger partial charge >= 0.3 is 0 Å². The Morgan fingerprint density at radius 1 is 0.270 bits per heavy atom. The highest BCUT2D eigenvalue weighted by atomic mass is 16.5. The van der Waals surface area contributed by atoms with E-state index in [0.29, 0.717) is 83.6 Å². The molecule has 25 heteroatoms. The number of amides is 5. The Morgan fingerprint density at radius 3 is 0.943 bits per heavy atom. The summed E-state index contributed by atoms with van der Waals surface area (Å²) in [5, 5.41) is 59.7. The second kappa shape index (κ2) is 78.8. The van der Waals surface area contributed by atoms with Crippen molar-refractivity contribution < 1.29 is 97.2 Å². The average Bonchev–Trinajstić information content (AvgIpc) is 0.915. The molecule has 5 amide bonds. The Balaban J connectivity index is 0.000000368. The largest absolute Gasteiger partial charge is 0.508 e. The molecule has 768 valence electrons. The SMILES string of the molecule is CCC(=O)C(=O)NCCCCc1ccccc1CCCOCc1ccc(O)cc1.CCC(=O)C(=O)NCCCCc1ccccc1CCCOc1ccc(O)cc1.CCC(=O)C(=O)NCCCCc1ccccc1CCCOc1cccc(O)c1.CNC(=O)C(=O)CCCCC/C=C\CCCCCCCOc1cccc(O)c1.CNC(=O)C(=O)CCCCC/C=C\CCCCCCCOc1ccccc1O. The third kappa shape index (κ3) is 59.3. The summed E-state index contributed by atoms with van der Waals surface area (Å²) < 4.78 is 28.3. The number of ketones is 5. The zero-order chi connectivity index (χ0) is 102. The van der Waals surface area contributed by atoms with Crippen LogP contribution in [0.25, 0.3) is 0 Å². The molecule has 0 aliphatic heterocycles. The predicted octanol–water partition coefficient (Wildman–Crippen LogP) is 21.5. The number of hydrogen-bond donors (Lipinski definition) is 10. The minimum Gasteiger partial charge on any atom is -0.508 e. The molecule has 8 aromatic carbocycles. The van der Waals surface area contributed by atoms with Crippen molar-refractivity contribution >= 4 is 58.5 Å². The molecule has 0 aliphatic carbocycles. The van der Waals surface area contributed by atoms with E-state index in [9.17, 15) is 73.5 Å². The molecule has 8 rings (SSSR count). The number of ether oxygens (including phenoxy) is 5. The number of carbonyl (C=O) groups is 10. The number of allylic oxidation sites excluding steroid dienone is 4. The first-order chi connectivity index (χ1) is 68.6. The van der Waals surface area contributed by atoms with Crippen LogP contribution < -0.4 is 45.5 Å². The number of phenols is 5. The summed E-state index contributed by atoms with van der Waals surface area (Å²) in [6.45, 7) is 10.5. The molecule has 10 N–H and O–H groups in total. The summed E-state index contributed by atoms with van der Waals surface area (Å²) >= 11 is 0. The fourth-order valence-electron chi connectivity index (χ4n) is 14.7. The molecule has 25 nitrogen and oxygen atoms in total. The minimum absolute atomic E-state index is 0.201. The number of unbranched alkanes of at least 4 members (excludes halogenated alkanes) is 19. The molecule has 141 heavy (non-hydrogen) atoms. The molecular weight excluding hydrogens is 1780 g/mol. The maximum absolute atomic E-state index is 11.5. The van der Waals surface area contributed by atoms with Crippen molar-refractivity contribution in [3.8, 4) is 51.7 Å². The lowest BCUT2D eigenvalue weighted by molar-refractivity contribution is -0.137. The predicted molar refractivity (Wildman–Crippen MR) is 558 cm³/mol. The van der Waals surface area contributed by atoms with E-state index in [4.69, 9.17) is 23.7 Å². The number of aromatic hydroxyl groups is 5. The van der Waals surface area contributed by atoms with Crippen LogP contribution >= 0.6 is 0 Å². The minimum atomic E-state index is -0.483. The first-order valence-electron chi connectivity index (χ1n) is 51.0. The zero-order valence-electron chi connectivity index (χ0n) is 84.3. The van der Waals surface area contributed by atoms with Gasteiger partial charge in [-0.05, 0) is 285 Å². The van der Waals surface area contributed by atoms with Gasteiger partial charge in [-0.1, -0.05) is 206 Å². The van der Waals surface area contributed by atoms with Crippen LogP contribution in [-0.2, 0) is 97.8 Å². The Hall–Kier alpha value is -12.9. The Kier molecular flexibility index (Phi) is 67.3. The molecule has 0 saturated carbocycles. The van der Waals surface area contributed by atoms with Crippen molar-refractivity contribution in [3.63, 3.8) is 0 Å². The number of carbonyl (C=O) groups excluding carboxylic acids is 10. The Bertz CT molecular complexity index is 4900. The standard InChI is InChI=1S/C24H31NO4.2C23H29NO4.2C23H35NO4/c1-2-23(27)24(28)25-16-6-5-10-20-8-3-4-9-21(20)11-7-17-29-18-19-12-14-22(26)15-13-19;1-2-22(26)23(27)24-15-6-5-11-18-9-3-4-10-19(18)12-8-16-28-21-14-7-13-20(25)17-21;1-2-22(26)23(27)24-16-6-5-10-18-8-3-4-9-19(18)11-7-17-28-21-14-12-20(25)13-15-21;1-24-23(27)21(26)17-12-10-8-6-4-2-3-5-7-9-11-15-19-28-22-18-14-13-16-20(22)25;1-24-23(27)22(26)17-12-10-8-6-4-2-3-5-7-9-11-13-18-28-21-16-14-15-20(25)19-21/h3-4,8-9,12-15,26H,2,5-7,10-11,16-18H2,1H3,(H,25,28);3-4,7,9-10,13-14,17,25H,2,5-6,8,11-12,15-16H2,1H3,(H,24,27);3-4,8-9,12-15,25H,2,5-7,10-11,16-17H2,1H3,(H,24,27);2,4,13-14,16,18,25H,3,5-12,15,17,19H2,1H3,(H,24,27);2,4,14-16,19,25H,3,5-13,17-18H2,1H3,(H,24,27)/b;;;2*4-2-. The van der Waals surface area contributed by atoms with Gasteiger partial charge in [-0.2, -0.15) is 0 Å². The van der Waals surface area contributed by atoms with E-state index in [2.05, 4.69) is 105 Å². The van der Waals surface area contributed by atoms with Crippen molar-refractivity contribution in [1.29, 1.82) is 0 Å². The van der Waals surface area contributed by atoms with E-state index in [1.165, 1.54) is 86.0 Å². The van der Waals surface area contributed by atoms with E-state index < -0.39 is 29.5 Å². The average molecular weight is 1940 g/mol. The van der Waals surface area contributed by atoms with E-state index >= 15 is 0 Å². The number of para-hydroxylation sites is 2. The highest BCUT2D eigenvalue weighted by Crippen LogP contribution is 2.27. The molecular formula is C116H159N5O20. The van der Waals surface area contributed by atoms with Crippen LogP contribution in [0.3, 0.4) is 0 Å². The molecule has 0 atom stereocenters. The van der Waals surface area contributed by atoms with Crippen LogP contribution in [0, 0.1) is 0 Å². The third-order valence-electron chi connectivity index (χ3n) is 22.9. The van der Waals surface area contributed by atoms with Gasteiger partial charge in [0.05, 0.1) is 33.0 Å². The molecule has 0 saturated heterocycles. The van der Waals surface area contributed by atoms with Gasteiger partial charge in [-0.15, -0.1) is 0 Å². The molecule has 8 aromatic rings. The maximum Gasteiger partial charge on any atom is 0.287 e. The number of hydrogen-bond acceptors (Lipinski definition) is 20. The third-order valence-corrected chi connectivity index (χ3v) is 22.9. The number of likely N-dealkylation sites (N-methyl/N-ethyl adjacent to an activating group) is 2. The van der Waals surface area contributed by atoms with E-state index in [-0.39, 0.29) is 76.9 Å². The lowest BCUT2D eigenvalue weighted by Gasteiger charge is -2.11. The smallest absolute Gasteiger partial charge is 0.287 e. The van der Waals surface area contributed by atoms with Crippen molar-refractivity contribution in [2.24, 2.45) is 0 Å². The number of benzene rings is 8. The second-order valence-corrected chi connectivity index (χ2v) is 34.4. The zero-order valence-corrected chi connectivity index (χ0v) is 84.3. The lowest BCUT2D eigenvalue weighted by Crippen LogP contribution is -2.31. The van der Waals surface area contributed by atoms with Crippen LogP contribution in [0.5, 0.6) is 51.7 Å². The molecule has 0 spiro atoms. The van der Waals surface area contributed by atoms with Gasteiger partial charge in [0.15, 0.2) is 11.5 Å². The normalized spacial score (nSPS) is 10.7. The fourth-order valence-corrected chi connectivity index (χ4v) is 14.7.